The first-order chi connectivity index (χ1) is 2.50. The van der Waals surface area contributed by atoms with Gasteiger partial charge in [-0.25, -0.2) is 0 Å². The summed E-state index contributed by atoms with van der Waals surface area (Å²) in [5, 5.41) is 0. The summed E-state index contributed by atoms with van der Waals surface area (Å²) in [5.41, 5.74) is 0. The van der Waals surface area contributed by atoms with Gasteiger partial charge in [-0.2, -0.15) is 0 Å². The zero-order chi connectivity index (χ0) is 3.54. The van der Waals surface area contributed by atoms with Crippen molar-refractivity contribution in [3.05, 3.63) is 18.7 Å². The molecule has 0 saturated carbocycles. The molecule has 3 heteroatoms. The van der Waals surface area contributed by atoms with Crippen molar-refractivity contribution in [3.8, 4) is 0 Å². The zero-order valence-corrected chi connectivity index (χ0v) is 3.60. The number of H-pyrrole nitrogens is 1. The maximum atomic E-state index is 3.54. The number of nitrogens with one attached hydrogen (secondary N) is 1. The monoisotopic (exact) mass is 74.0 g/mol. The van der Waals surface area contributed by atoms with E-state index in [0.717, 1.165) is 0 Å². The van der Waals surface area contributed by atoms with E-state index in [1.165, 1.54) is 0 Å². The van der Waals surface area contributed by atoms with Gasteiger partial charge in [0.1, 0.15) is 0 Å². The Balaban J connectivity index is 0.000000250. The number of aromatic amines is 1. The molecule has 0 bridgehead atoms. The van der Waals surface area contributed by atoms with Gasteiger partial charge in [0.2, 0.25) is 0 Å². The van der Waals surface area contributed by atoms with Gasteiger partial charge in [-0.05, 0) is 6.33 Å². The Labute approximate surface area is 48.2 Å². The van der Waals surface area contributed by atoms with Gasteiger partial charge >= 0.3 is 18.9 Å². The van der Waals surface area contributed by atoms with Crippen LogP contribution in [-0.4, -0.2) is 9.97 Å². The quantitative estimate of drug-likeness (QED) is 0.261. The third kappa shape index (κ3) is 1.30. The largest absolute Gasteiger partial charge is 1.00 e. The first kappa shape index (κ1) is 5.81. The molecule has 1 heterocycles. The molecule has 0 amide bonds. The Hall–Kier alpha value is -0.193. The molecule has 2 nitrogen and oxygen atoms in total. The van der Waals surface area contributed by atoms with Gasteiger partial charge < -0.3 is 9.97 Å². The van der Waals surface area contributed by atoms with Crippen LogP contribution in [0.2, 0.25) is 0 Å². The Morgan fingerprint density at radius 2 is 2.50 bits per heavy atom. The van der Waals surface area contributed by atoms with Crippen molar-refractivity contribution in [2.75, 3.05) is 0 Å². The van der Waals surface area contributed by atoms with E-state index < -0.39 is 0 Å². The number of imidazole rings is 1. The summed E-state index contributed by atoms with van der Waals surface area (Å²) < 4.78 is 0. The van der Waals surface area contributed by atoms with Crippen molar-refractivity contribution in [1.29, 1.82) is 0 Å². The molecule has 1 aromatic heterocycles. The van der Waals surface area contributed by atoms with Crippen LogP contribution in [0.4, 0.5) is 0 Å². The summed E-state index contributed by atoms with van der Waals surface area (Å²) in [6.07, 6.45) is 5.83. The molecule has 0 spiro atoms. The Kier molecular flexibility index (Phi) is 2.92. The van der Waals surface area contributed by atoms with Gasteiger partial charge in [-0.15, -0.1) is 12.4 Å². The molecule has 26 valence electrons. The Morgan fingerprint density at radius 3 is 2.67 bits per heavy atom. The predicted molar refractivity (Wildman–Crippen MR) is 17.4 cm³/mol. The summed E-state index contributed by atoms with van der Waals surface area (Å²) in [7, 11) is 0. The SMILES string of the molecule is [Li+].[c-]1ncc[nH]1. The van der Waals surface area contributed by atoms with Gasteiger partial charge in [0.15, 0.2) is 0 Å². The molecule has 6 heavy (non-hydrogen) atoms. The molecule has 0 aliphatic heterocycles. The molecule has 0 radical (unpaired) electrons. The number of hydrogen-bond acceptors (Lipinski definition) is 1. The molecular formula is C3H3LiN2. The molecule has 1 rings (SSSR count). The first-order valence-corrected chi connectivity index (χ1v) is 1.35. The second kappa shape index (κ2) is 3.02. The van der Waals surface area contributed by atoms with Crippen LogP contribution in [0, 0.1) is 6.33 Å². The van der Waals surface area contributed by atoms with Crippen LogP contribution in [0.15, 0.2) is 12.4 Å². The van der Waals surface area contributed by atoms with Crippen LogP contribution in [0.25, 0.3) is 0 Å². The summed E-state index contributed by atoms with van der Waals surface area (Å²) in [6.45, 7) is 0. The fourth-order valence-electron chi connectivity index (χ4n) is 0.186. The molecule has 0 aromatic carbocycles. The van der Waals surface area contributed by atoms with Gasteiger partial charge in [0.05, 0.1) is 0 Å². The average molecular weight is 74.0 g/mol. The first-order valence-electron chi connectivity index (χ1n) is 1.35. The second-order valence-corrected chi connectivity index (χ2v) is 0.701. The smallest absolute Gasteiger partial charge is 0.467 e. The Bertz CT molecular complexity index is 65.3. The van der Waals surface area contributed by atoms with Crippen LogP contribution < -0.4 is 18.9 Å². The summed E-state index contributed by atoms with van der Waals surface area (Å²) in [5.74, 6) is 0. The van der Waals surface area contributed by atoms with E-state index in [9.17, 15) is 0 Å². The van der Waals surface area contributed by atoms with Crippen LogP contribution in [-0.2, 0) is 0 Å². The van der Waals surface area contributed by atoms with Crippen molar-refractivity contribution >= 4 is 0 Å². The van der Waals surface area contributed by atoms with Crippen LogP contribution in [0.3, 0.4) is 0 Å². The number of hydrogen-bond donors (Lipinski definition) is 1. The van der Waals surface area contributed by atoms with E-state index in [2.05, 4.69) is 16.3 Å². The van der Waals surface area contributed by atoms with Crippen molar-refractivity contribution < 1.29 is 18.9 Å². The maximum Gasteiger partial charge on any atom is 1.00 e. The van der Waals surface area contributed by atoms with E-state index in [1.54, 1.807) is 12.4 Å². The van der Waals surface area contributed by atoms with Crippen molar-refractivity contribution in [3.63, 3.8) is 0 Å². The normalized spacial score (nSPS) is 6.67. The maximum absolute atomic E-state index is 3.54. The topological polar surface area (TPSA) is 28.7 Å². The number of rotatable bonds is 0. The summed E-state index contributed by atoms with van der Waals surface area (Å²) in [4.78, 5) is 6.17. The standard InChI is InChI=1S/C3H3N2.Li/c1-2-5-3-4-1;/h1-2H,(H,4,5);/q-1;+1. The van der Waals surface area contributed by atoms with Crippen LogP contribution in [0.1, 0.15) is 0 Å². The third-order valence-corrected chi connectivity index (χ3v) is 0.362. The van der Waals surface area contributed by atoms with Gasteiger partial charge in [-0.1, -0.05) is 0 Å². The minimum absolute atomic E-state index is 0. The fourth-order valence-corrected chi connectivity index (χ4v) is 0.186. The van der Waals surface area contributed by atoms with E-state index in [-0.39, 0.29) is 18.9 Å². The molecule has 1 N–H and O–H groups in total. The minimum atomic E-state index is 0. The molecule has 0 aliphatic carbocycles. The average Bonchev–Trinajstić information content (AvgIpc) is 1.76. The molecule has 0 saturated heterocycles. The van der Waals surface area contributed by atoms with Gasteiger partial charge in [0, 0.05) is 0 Å². The van der Waals surface area contributed by atoms with Crippen molar-refractivity contribution in [2.24, 2.45) is 0 Å². The number of nitrogens with zero attached hydrogens (tertiary/aromatic N) is 1. The minimum Gasteiger partial charge on any atom is -0.467 e. The predicted octanol–water partition coefficient (Wildman–Crippen LogP) is -2.79. The van der Waals surface area contributed by atoms with E-state index in [1.807, 2.05) is 0 Å². The molecular weight excluding hydrogens is 71.0 g/mol. The van der Waals surface area contributed by atoms with Crippen molar-refractivity contribution in [1.82, 2.24) is 9.97 Å². The van der Waals surface area contributed by atoms with Crippen molar-refractivity contribution in [2.45, 2.75) is 0 Å². The third-order valence-electron chi connectivity index (χ3n) is 0.362. The van der Waals surface area contributed by atoms with E-state index in [0.29, 0.717) is 0 Å². The van der Waals surface area contributed by atoms with Crippen LogP contribution >= 0.6 is 0 Å². The summed E-state index contributed by atoms with van der Waals surface area (Å²) in [6, 6.07) is 0. The summed E-state index contributed by atoms with van der Waals surface area (Å²) >= 11 is 0. The molecule has 0 aliphatic rings. The van der Waals surface area contributed by atoms with E-state index in [4.69, 9.17) is 0 Å². The fraction of sp³-hybridized carbons (Fsp3) is 0. The number of aromatic nitrogens is 2. The Morgan fingerprint density at radius 1 is 1.67 bits per heavy atom. The zero-order valence-electron chi connectivity index (χ0n) is 3.60. The van der Waals surface area contributed by atoms with Gasteiger partial charge in [0.25, 0.3) is 0 Å². The van der Waals surface area contributed by atoms with Gasteiger partial charge in [-0.3, -0.25) is 0 Å². The van der Waals surface area contributed by atoms with Crippen LogP contribution in [0.5, 0.6) is 0 Å². The molecule has 0 fully saturated rings. The second-order valence-electron chi connectivity index (χ2n) is 0.701. The molecule has 0 unspecified atom stereocenters. The molecule has 0 atom stereocenters. The van der Waals surface area contributed by atoms with E-state index >= 15 is 0 Å². The molecule has 1 aromatic rings.